The molecule has 4 heterocycles. The Kier molecular flexibility index (Phi) is 9.57. The molecule has 11 nitrogen and oxygen atoms in total. The highest BCUT2D eigenvalue weighted by Crippen LogP contribution is 2.49. The summed E-state index contributed by atoms with van der Waals surface area (Å²) in [6.07, 6.45) is 11.6. The summed E-state index contributed by atoms with van der Waals surface area (Å²) in [6.45, 7) is 4.37. The minimum atomic E-state index is -3.94. The van der Waals surface area contributed by atoms with Gasteiger partial charge in [0.15, 0.2) is 0 Å². The van der Waals surface area contributed by atoms with Crippen molar-refractivity contribution in [1.29, 1.82) is 0 Å². The molecule has 3 N–H and O–H groups in total. The van der Waals surface area contributed by atoms with E-state index in [-0.39, 0.29) is 31.2 Å². The molecule has 12 heteroatoms. The molecular formula is C42H51N5O6S. The summed E-state index contributed by atoms with van der Waals surface area (Å²) < 4.78 is 34.7. The van der Waals surface area contributed by atoms with Gasteiger partial charge in [0.25, 0.3) is 5.91 Å². The number of carbonyl (C=O) groups excluding carboxylic acids is 3. The van der Waals surface area contributed by atoms with E-state index in [4.69, 9.17) is 9.72 Å². The van der Waals surface area contributed by atoms with E-state index in [9.17, 15) is 22.8 Å². The number of sulfonamides is 1. The number of hydrogen-bond donors (Lipinski definition) is 3. The van der Waals surface area contributed by atoms with Gasteiger partial charge in [-0.25, -0.2) is 13.4 Å². The number of para-hydroxylation sites is 1. The van der Waals surface area contributed by atoms with Crippen molar-refractivity contribution in [2.45, 2.75) is 119 Å². The predicted octanol–water partition coefficient (Wildman–Crippen LogP) is 4.80. The van der Waals surface area contributed by atoms with Crippen LogP contribution in [0.5, 0.6) is 5.75 Å². The molecule has 0 bridgehead atoms. The van der Waals surface area contributed by atoms with Crippen LogP contribution in [0.25, 0.3) is 10.9 Å². The fourth-order valence-corrected chi connectivity index (χ4v) is 10.0. The standard InChI is InChI=1S/C42H51N5O6S/c1-28-36-32(31-16-11-12-17-33(31)44-28)19-21-41(53-36)26-35-37(48)45-42(39(50)46-54(51,52)40(2)22-23-40)25-30(42)15-9-4-3-5-10-18-34(38(49)47(35)27-41)43-24-20-29-13-7-6-8-14-29/h6-9,11-17,30,34-35,43H,3-5,10,18-27H2,1-2H3,(H,45,48)(H,46,50). The average Bonchev–Trinajstić information content (AvgIpc) is 4.05. The van der Waals surface area contributed by atoms with Gasteiger partial charge in [0.1, 0.15) is 22.9 Å². The second-order valence-electron chi connectivity index (χ2n) is 16.5. The fraction of sp³-hybridized carbons (Fsp3) is 0.524. The largest absolute Gasteiger partial charge is 0.483 e. The van der Waals surface area contributed by atoms with E-state index in [1.54, 1.807) is 11.8 Å². The summed E-state index contributed by atoms with van der Waals surface area (Å²) in [6, 6.07) is 16.7. The van der Waals surface area contributed by atoms with Crippen LogP contribution in [-0.4, -0.2) is 77.1 Å². The number of benzene rings is 2. The first-order valence-corrected chi connectivity index (χ1v) is 21.1. The molecule has 2 aromatic carbocycles. The lowest BCUT2D eigenvalue weighted by molar-refractivity contribution is -0.141. The molecule has 3 fully saturated rings. The number of pyridine rings is 1. The number of nitrogens with one attached hydrogen (secondary N) is 3. The number of rotatable bonds is 7. The van der Waals surface area contributed by atoms with E-state index in [2.05, 4.69) is 33.6 Å². The highest BCUT2D eigenvalue weighted by Gasteiger charge is 2.64. The predicted molar refractivity (Wildman–Crippen MR) is 206 cm³/mol. The van der Waals surface area contributed by atoms with E-state index < -0.39 is 49.8 Å². The molecule has 286 valence electrons. The number of ether oxygens (including phenoxy) is 1. The minimum Gasteiger partial charge on any atom is -0.483 e. The average molecular weight is 754 g/mol. The van der Waals surface area contributed by atoms with Gasteiger partial charge in [-0.15, -0.1) is 0 Å². The maximum Gasteiger partial charge on any atom is 0.259 e. The Labute approximate surface area is 317 Å². The second kappa shape index (κ2) is 14.1. The number of fused-ring (bicyclic) bond motifs is 5. The molecule has 1 spiro atoms. The Morgan fingerprint density at radius 3 is 2.59 bits per heavy atom. The summed E-state index contributed by atoms with van der Waals surface area (Å²) in [4.78, 5) is 50.0. The van der Waals surface area contributed by atoms with Crippen molar-refractivity contribution in [1.82, 2.24) is 25.2 Å². The van der Waals surface area contributed by atoms with Crippen molar-refractivity contribution < 1.29 is 27.5 Å². The van der Waals surface area contributed by atoms with Crippen LogP contribution < -0.4 is 20.1 Å². The van der Waals surface area contributed by atoms with Crippen LogP contribution in [0.2, 0.25) is 0 Å². The zero-order chi connectivity index (χ0) is 37.7. The number of aromatic nitrogens is 1. The Morgan fingerprint density at radius 2 is 1.80 bits per heavy atom. The molecule has 5 atom stereocenters. The number of carbonyl (C=O) groups is 3. The van der Waals surface area contributed by atoms with Gasteiger partial charge in [-0.2, -0.15) is 0 Å². The van der Waals surface area contributed by atoms with Crippen LogP contribution in [0.3, 0.4) is 0 Å². The number of allylic oxidation sites excluding steroid dienone is 1. The van der Waals surface area contributed by atoms with Crippen LogP contribution in [0, 0.1) is 12.8 Å². The van der Waals surface area contributed by atoms with Crippen molar-refractivity contribution >= 4 is 38.6 Å². The Hall–Kier alpha value is -4.29. The lowest BCUT2D eigenvalue weighted by Gasteiger charge is -2.36. The van der Waals surface area contributed by atoms with Gasteiger partial charge in [-0.1, -0.05) is 73.5 Å². The first-order valence-electron chi connectivity index (χ1n) is 19.6. The number of hydrogen-bond acceptors (Lipinski definition) is 8. The van der Waals surface area contributed by atoms with Crippen LogP contribution in [-0.2, 0) is 37.2 Å². The van der Waals surface area contributed by atoms with E-state index in [0.717, 1.165) is 54.3 Å². The minimum absolute atomic E-state index is 0.161. The molecule has 3 aliphatic heterocycles. The summed E-state index contributed by atoms with van der Waals surface area (Å²) in [5.74, 6) is -1.01. The van der Waals surface area contributed by atoms with Crippen LogP contribution in [0.15, 0.2) is 66.7 Å². The van der Waals surface area contributed by atoms with Crippen molar-refractivity contribution in [3.63, 3.8) is 0 Å². The van der Waals surface area contributed by atoms with Crippen molar-refractivity contribution in [3.8, 4) is 5.75 Å². The van der Waals surface area contributed by atoms with Crippen LogP contribution in [0.1, 0.15) is 88.0 Å². The topological polar surface area (TPSA) is 147 Å². The molecule has 1 saturated heterocycles. The number of aryl methyl sites for hydroxylation is 2. The molecule has 5 aliphatic rings. The van der Waals surface area contributed by atoms with Gasteiger partial charge in [0.2, 0.25) is 21.8 Å². The highest BCUT2D eigenvalue weighted by atomic mass is 32.2. The highest BCUT2D eigenvalue weighted by molar-refractivity contribution is 7.91. The van der Waals surface area contributed by atoms with Crippen LogP contribution >= 0.6 is 0 Å². The number of nitrogens with zero attached hydrogens (tertiary/aromatic N) is 2. The van der Waals surface area contributed by atoms with Gasteiger partial charge in [-0.3, -0.25) is 19.1 Å². The summed E-state index contributed by atoms with van der Waals surface area (Å²) >= 11 is 0. The normalized spacial score (nSPS) is 29.2. The Morgan fingerprint density at radius 1 is 1.02 bits per heavy atom. The molecule has 2 saturated carbocycles. The molecule has 0 radical (unpaired) electrons. The van der Waals surface area contributed by atoms with Gasteiger partial charge < -0.3 is 20.3 Å². The summed E-state index contributed by atoms with van der Waals surface area (Å²) in [7, 11) is -3.94. The zero-order valence-electron chi connectivity index (χ0n) is 31.2. The first kappa shape index (κ1) is 36.7. The summed E-state index contributed by atoms with van der Waals surface area (Å²) in [5, 5.41) is 7.61. The SMILES string of the molecule is Cc1nc2ccccc2c2c1OC1(CC2)CC2C(=O)NC3(C(=O)NS(=O)(=O)C4(C)CC4)CC3C=CCCCCCC(NCCc3ccccc3)C(=O)N2C1. The molecule has 3 aromatic rings. The third-order valence-corrected chi connectivity index (χ3v) is 14.7. The zero-order valence-corrected chi connectivity index (χ0v) is 32.1. The number of amides is 3. The molecule has 8 rings (SSSR count). The lowest BCUT2D eigenvalue weighted by Crippen LogP contribution is -2.58. The maximum atomic E-state index is 14.8. The molecule has 1 aromatic heterocycles. The molecule has 5 unspecified atom stereocenters. The third kappa shape index (κ3) is 6.91. The molecule has 2 aliphatic carbocycles. The van der Waals surface area contributed by atoms with E-state index in [1.165, 1.54) is 5.56 Å². The van der Waals surface area contributed by atoms with E-state index in [0.29, 0.717) is 44.4 Å². The fourth-order valence-electron chi connectivity index (χ4n) is 8.73. The van der Waals surface area contributed by atoms with Gasteiger partial charge in [0, 0.05) is 23.3 Å². The Balaban J connectivity index is 1.11. The smallest absolute Gasteiger partial charge is 0.259 e. The van der Waals surface area contributed by atoms with E-state index >= 15 is 0 Å². The van der Waals surface area contributed by atoms with Gasteiger partial charge >= 0.3 is 0 Å². The second-order valence-corrected chi connectivity index (χ2v) is 18.7. The molecule has 3 amide bonds. The molecular weight excluding hydrogens is 703 g/mol. The quantitative estimate of drug-likeness (QED) is 0.292. The van der Waals surface area contributed by atoms with Crippen molar-refractivity contribution in [2.24, 2.45) is 5.92 Å². The monoisotopic (exact) mass is 753 g/mol. The van der Waals surface area contributed by atoms with Crippen LogP contribution in [0.4, 0.5) is 0 Å². The van der Waals surface area contributed by atoms with Crippen molar-refractivity contribution in [2.75, 3.05) is 13.1 Å². The third-order valence-electron chi connectivity index (χ3n) is 12.5. The van der Waals surface area contributed by atoms with E-state index in [1.807, 2.05) is 55.5 Å². The molecule has 54 heavy (non-hydrogen) atoms. The maximum absolute atomic E-state index is 14.8. The lowest BCUT2D eigenvalue weighted by atomic mass is 9.87. The summed E-state index contributed by atoms with van der Waals surface area (Å²) in [5.41, 5.74) is 1.64. The first-order chi connectivity index (χ1) is 25.9. The Bertz CT molecular complexity index is 2100. The van der Waals surface area contributed by atoms with Gasteiger partial charge in [-0.05, 0) is 89.8 Å². The van der Waals surface area contributed by atoms with Gasteiger partial charge in [0.05, 0.1) is 28.5 Å². The van der Waals surface area contributed by atoms with Crippen molar-refractivity contribution in [3.05, 3.63) is 83.6 Å².